The van der Waals surface area contributed by atoms with Gasteiger partial charge in [0.2, 0.25) is 5.91 Å². The SMILES string of the molecule is Cc1cccc([C@H](C)NC(=O)c2cn(C)c3ccc(-c4ccc5c(NC(=O)C6CC6)noc5c4)cc23)c1. The summed E-state index contributed by atoms with van der Waals surface area (Å²) in [6, 6.07) is 20.0. The van der Waals surface area contributed by atoms with Crippen LogP contribution in [0.4, 0.5) is 5.82 Å². The van der Waals surface area contributed by atoms with Crippen LogP contribution in [-0.2, 0) is 11.8 Å². The standard InChI is InChI=1S/C30H28N4O3/c1-17-5-4-6-20(13-17)18(2)31-30(36)25-16-34(3)26-12-10-21(14-24(25)26)22-9-11-23-27(15-22)37-33-28(23)32-29(35)19-7-8-19/h4-6,9-16,18-19H,7-8H2,1-3H3,(H,31,36)(H,32,33,35)/t18-/m0/s1. The number of rotatable bonds is 6. The van der Waals surface area contributed by atoms with E-state index in [0.29, 0.717) is 17.0 Å². The third-order valence-corrected chi connectivity index (χ3v) is 7.12. The smallest absolute Gasteiger partial charge is 0.253 e. The lowest BCUT2D eigenvalue weighted by Gasteiger charge is -2.14. The van der Waals surface area contributed by atoms with Crippen LogP contribution in [0.2, 0.25) is 0 Å². The lowest BCUT2D eigenvalue weighted by atomic mass is 10.0. The molecule has 0 radical (unpaired) electrons. The summed E-state index contributed by atoms with van der Waals surface area (Å²) < 4.78 is 7.50. The van der Waals surface area contributed by atoms with Crippen LogP contribution >= 0.6 is 0 Å². The lowest BCUT2D eigenvalue weighted by molar-refractivity contribution is -0.117. The minimum Gasteiger partial charge on any atom is -0.354 e. The van der Waals surface area contributed by atoms with Crippen molar-refractivity contribution < 1.29 is 14.1 Å². The molecule has 2 N–H and O–H groups in total. The van der Waals surface area contributed by atoms with E-state index in [1.165, 1.54) is 0 Å². The molecule has 7 nitrogen and oxygen atoms in total. The van der Waals surface area contributed by atoms with Gasteiger partial charge in [-0.15, -0.1) is 0 Å². The Kier molecular flexibility index (Phi) is 5.56. The van der Waals surface area contributed by atoms with Crippen molar-refractivity contribution >= 4 is 39.5 Å². The Hall–Kier alpha value is -4.39. The summed E-state index contributed by atoms with van der Waals surface area (Å²) in [5, 5.41) is 11.7. The van der Waals surface area contributed by atoms with Gasteiger partial charge in [-0.3, -0.25) is 9.59 Å². The molecule has 5 aromatic rings. The maximum absolute atomic E-state index is 13.3. The van der Waals surface area contributed by atoms with E-state index in [-0.39, 0.29) is 23.8 Å². The van der Waals surface area contributed by atoms with Crippen molar-refractivity contribution in [2.24, 2.45) is 13.0 Å². The Morgan fingerprint density at radius 1 is 1.03 bits per heavy atom. The molecule has 0 aliphatic heterocycles. The van der Waals surface area contributed by atoms with Crippen molar-refractivity contribution in [2.45, 2.75) is 32.7 Å². The molecule has 7 heteroatoms. The molecule has 186 valence electrons. The number of aromatic nitrogens is 2. The van der Waals surface area contributed by atoms with E-state index in [2.05, 4.69) is 21.9 Å². The average Bonchev–Trinajstić information content (AvgIpc) is 3.60. The van der Waals surface area contributed by atoms with Crippen LogP contribution in [0.25, 0.3) is 33.0 Å². The van der Waals surface area contributed by atoms with E-state index in [0.717, 1.165) is 51.4 Å². The molecule has 1 fully saturated rings. The second kappa shape index (κ2) is 8.92. The Morgan fingerprint density at radius 3 is 2.59 bits per heavy atom. The molecule has 0 spiro atoms. The van der Waals surface area contributed by atoms with Crippen molar-refractivity contribution in [3.63, 3.8) is 0 Å². The molecule has 6 rings (SSSR count). The molecule has 0 saturated heterocycles. The highest BCUT2D eigenvalue weighted by atomic mass is 16.5. The van der Waals surface area contributed by atoms with Gasteiger partial charge in [0.05, 0.1) is 17.0 Å². The lowest BCUT2D eigenvalue weighted by Crippen LogP contribution is -2.26. The summed E-state index contributed by atoms with van der Waals surface area (Å²) in [5.74, 6) is 0.434. The number of nitrogens with one attached hydrogen (secondary N) is 2. The number of hydrogen-bond acceptors (Lipinski definition) is 4. The van der Waals surface area contributed by atoms with Gasteiger partial charge < -0.3 is 19.7 Å². The number of carbonyl (C=O) groups excluding carboxylic acids is 2. The van der Waals surface area contributed by atoms with Gasteiger partial charge in [0.1, 0.15) is 0 Å². The zero-order valence-electron chi connectivity index (χ0n) is 21.0. The molecule has 1 aliphatic carbocycles. The van der Waals surface area contributed by atoms with Crippen molar-refractivity contribution in [2.75, 3.05) is 5.32 Å². The van der Waals surface area contributed by atoms with Crippen molar-refractivity contribution in [3.8, 4) is 11.1 Å². The molecular weight excluding hydrogens is 464 g/mol. The van der Waals surface area contributed by atoms with Crippen molar-refractivity contribution in [1.29, 1.82) is 0 Å². The third kappa shape index (κ3) is 4.37. The van der Waals surface area contributed by atoms with Crippen LogP contribution in [0.3, 0.4) is 0 Å². The Morgan fingerprint density at radius 2 is 1.81 bits per heavy atom. The van der Waals surface area contributed by atoms with Crippen LogP contribution in [0.5, 0.6) is 0 Å². The van der Waals surface area contributed by atoms with Gasteiger partial charge >= 0.3 is 0 Å². The topological polar surface area (TPSA) is 89.2 Å². The van der Waals surface area contributed by atoms with Gasteiger partial charge in [-0.2, -0.15) is 0 Å². The number of aryl methyl sites for hydroxylation is 2. The van der Waals surface area contributed by atoms with Crippen molar-refractivity contribution in [3.05, 3.63) is 83.6 Å². The summed E-state index contributed by atoms with van der Waals surface area (Å²) in [6.45, 7) is 4.04. The summed E-state index contributed by atoms with van der Waals surface area (Å²) in [7, 11) is 1.95. The van der Waals surface area contributed by atoms with Gasteiger partial charge in [0, 0.05) is 30.1 Å². The molecule has 1 aliphatic rings. The monoisotopic (exact) mass is 492 g/mol. The normalized spacial score (nSPS) is 14.1. The largest absolute Gasteiger partial charge is 0.354 e. The molecule has 2 heterocycles. The van der Waals surface area contributed by atoms with Crippen LogP contribution in [0, 0.1) is 12.8 Å². The van der Waals surface area contributed by atoms with E-state index in [9.17, 15) is 9.59 Å². The highest BCUT2D eigenvalue weighted by molar-refractivity contribution is 6.08. The average molecular weight is 493 g/mol. The Labute approximate surface area is 214 Å². The van der Waals surface area contributed by atoms with E-state index in [4.69, 9.17) is 4.52 Å². The molecule has 1 saturated carbocycles. The van der Waals surface area contributed by atoms with E-state index in [1.807, 2.05) is 86.3 Å². The van der Waals surface area contributed by atoms with Crippen LogP contribution in [-0.4, -0.2) is 21.5 Å². The number of fused-ring (bicyclic) bond motifs is 2. The molecule has 0 bridgehead atoms. The number of carbonyl (C=O) groups is 2. The van der Waals surface area contributed by atoms with Crippen LogP contribution in [0.15, 0.2) is 71.4 Å². The minimum absolute atomic E-state index is 0.00340. The number of amides is 2. The highest BCUT2D eigenvalue weighted by Crippen LogP contribution is 2.34. The predicted molar refractivity (Wildman–Crippen MR) is 144 cm³/mol. The molecule has 2 amide bonds. The Balaban J connectivity index is 1.30. The second-order valence-electron chi connectivity index (χ2n) is 10.0. The first-order valence-electron chi connectivity index (χ1n) is 12.5. The molecular formula is C30H28N4O3. The fraction of sp³-hybridized carbons (Fsp3) is 0.233. The number of benzene rings is 3. The quantitative estimate of drug-likeness (QED) is 0.298. The first-order valence-corrected chi connectivity index (χ1v) is 12.5. The van der Waals surface area contributed by atoms with Gasteiger partial charge in [-0.25, -0.2) is 0 Å². The second-order valence-corrected chi connectivity index (χ2v) is 10.0. The fourth-order valence-electron chi connectivity index (χ4n) is 4.82. The minimum atomic E-state index is -0.116. The van der Waals surface area contributed by atoms with Crippen LogP contribution in [0.1, 0.15) is 47.3 Å². The summed E-state index contributed by atoms with van der Waals surface area (Å²) in [4.78, 5) is 25.5. The van der Waals surface area contributed by atoms with Gasteiger partial charge in [0.25, 0.3) is 5.91 Å². The van der Waals surface area contributed by atoms with E-state index in [1.54, 1.807) is 0 Å². The molecule has 0 unspecified atom stereocenters. The summed E-state index contributed by atoms with van der Waals surface area (Å²) in [6.07, 6.45) is 3.73. The van der Waals surface area contributed by atoms with Gasteiger partial charge in [-0.1, -0.05) is 47.1 Å². The molecule has 1 atom stereocenters. The van der Waals surface area contributed by atoms with E-state index < -0.39 is 0 Å². The number of anilines is 1. The molecule has 2 aromatic heterocycles. The van der Waals surface area contributed by atoms with Gasteiger partial charge in [0.15, 0.2) is 11.4 Å². The zero-order chi connectivity index (χ0) is 25.7. The maximum Gasteiger partial charge on any atom is 0.253 e. The Bertz CT molecular complexity index is 1680. The highest BCUT2D eigenvalue weighted by Gasteiger charge is 2.30. The molecule has 37 heavy (non-hydrogen) atoms. The van der Waals surface area contributed by atoms with Crippen molar-refractivity contribution in [1.82, 2.24) is 15.0 Å². The first-order chi connectivity index (χ1) is 17.9. The molecule has 3 aromatic carbocycles. The maximum atomic E-state index is 13.3. The number of nitrogens with zero attached hydrogens (tertiary/aromatic N) is 2. The fourth-order valence-corrected chi connectivity index (χ4v) is 4.82. The van der Waals surface area contributed by atoms with E-state index >= 15 is 0 Å². The van der Waals surface area contributed by atoms with Crippen LogP contribution < -0.4 is 10.6 Å². The first kappa shape index (κ1) is 23.0. The number of hydrogen-bond donors (Lipinski definition) is 2. The predicted octanol–water partition coefficient (Wildman–Crippen LogP) is 6.13. The third-order valence-electron chi connectivity index (χ3n) is 7.12. The van der Waals surface area contributed by atoms with Gasteiger partial charge in [-0.05, 0) is 67.6 Å². The summed E-state index contributed by atoms with van der Waals surface area (Å²) in [5.41, 5.74) is 6.33. The summed E-state index contributed by atoms with van der Waals surface area (Å²) >= 11 is 0. The zero-order valence-corrected chi connectivity index (χ0v) is 21.0.